The molecule has 0 spiro atoms. The van der Waals surface area contributed by atoms with Crippen LogP contribution < -0.4 is 10.2 Å². The van der Waals surface area contributed by atoms with Crippen molar-refractivity contribution in [1.82, 2.24) is 5.32 Å². The monoisotopic (exact) mass is 494 g/mol. The first-order chi connectivity index (χ1) is 16.2. The fourth-order valence-electron chi connectivity index (χ4n) is 3.78. The molecule has 0 atom stereocenters. The molecular weight excluding hydrogens is 471 g/mol. The lowest BCUT2D eigenvalue weighted by atomic mass is 9.84. The van der Waals surface area contributed by atoms with Gasteiger partial charge in [-0.2, -0.15) is 0 Å². The Morgan fingerprint density at radius 3 is 2.71 bits per heavy atom. The van der Waals surface area contributed by atoms with Crippen molar-refractivity contribution in [3.8, 4) is 0 Å². The molecule has 0 saturated heterocycles. The van der Waals surface area contributed by atoms with Crippen molar-refractivity contribution >= 4 is 40.6 Å². The average Bonchev–Trinajstić information content (AvgIpc) is 2.83. The highest BCUT2D eigenvalue weighted by molar-refractivity contribution is 6.34. The van der Waals surface area contributed by atoms with Gasteiger partial charge in [0, 0.05) is 40.9 Å². The summed E-state index contributed by atoms with van der Waals surface area (Å²) in [4.78, 5) is 26.6. The molecule has 1 amide bonds. The third-order valence-electron chi connectivity index (χ3n) is 5.72. The Hall–Kier alpha value is -3.28. The SMILES string of the molecule is CC(C)(CNC(=O)c1cc(N2C=COC(C3=CC=CC(=O)C3)=C2)ccc1Cl)c1ccccc1Cl. The van der Waals surface area contributed by atoms with Crippen molar-refractivity contribution in [3.63, 3.8) is 0 Å². The van der Waals surface area contributed by atoms with Crippen LogP contribution in [0.1, 0.15) is 36.2 Å². The topological polar surface area (TPSA) is 58.6 Å². The Morgan fingerprint density at radius 2 is 1.94 bits per heavy atom. The Balaban J connectivity index is 1.52. The number of ether oxygens (including phenoxy) is 1. The number of nitrogens with one attached hydrogen (secondary N) is 1. The summed E-state index contributed by atoms with van der Waals surface area (Å²) in [5.74, 6) is 0.315. The zero-order valence-electron chi connectivity index (χ0n) is 18.8. The second-order valence-corrected chi connectivity index (χ2v) is 9.52. The number of allylic oxidation sites excluding steroid dienone is 4. The largest absolute Gasteiger partial charge is 0.462 e. The Kier molecular flexibility index (Phi) is 6.96. The van der Waals surface area contributed by atoms with Crippen LogP contribution in [0, 0.1) is 0 Å². The van der Waals surface area contributed by atoms with Gasteiger partial charge in [0.2, 0.25) is 0 Å². The van der Waals surface area contributed by atoms with Crippen LogP contribution in [0.5, 0.6) is 0 Å². The summed E-state index contributed by atoms with van der Waals surface area (Å²) in [5.41, 5.74) is 2.46. The van der Waals surface area contributed by atoms with E-state index in [4.69, 9.17) is 27.9 Å². The summed E-state index contributed by atoms with van der Waals surface area (Å²) in [5, 5.41) is 4.00. The van der Waals surface area contributed by atoms with Crippen molar-refractivity contribution in [2.24, 2.45) is 0 Å². The lowest BCUT2D eigenvalue weighted by Gasteiger charge is -2.27. The predicted molar refractivity (Wildman–Crippen MR) is 136 cm³/mol. The van der Waals surface area contributed by atoms with Crippen molar-refractivity contribution in [2.45, 2.75) is 25.7 Å². The fraction of sp³-hybridized carbons (Fsp3) is 0.185. The van der Waals surface area contributed by atoms with Crippen molar-refractivity contribution in [3.05, 3.63) is 112 Å². The fourth-order valence-corrected chi connectivity index (χ4v) is 4.38. The number of hydrogen-bond acceptors (Lipinski definition) is 4. The zero-order valence-corrected chi connectivity index (χ0v) is 20.4. The minimum absolute atomic E-state index is 0.0215. The Bertz CT molecular complexity index is 1260. The van der Waals surface area contributed by atoms with E-state index in [9.17, 15) is 9.59 Å². The standard InChI is InChI=1S/C27H24Cl2N2O3/c1-27(2,22-8-3-4-9-24(22)29)17-30-26(33)21-15-19(10-11-23(21)28)31-12-13-34-25(16-31)18-6-5-7-20(32)14-18/h3-13,15-16H,14,17H2,1-2H3,(H,30,33). The molecule has 0 unspecified atom stereocenters. The maximum Gasteiger partial charge on any atom is 0.252 e. The van der Waals surface area contributed by atoms with Gasteiger partial charge in [0.25, 0.3) is 5.91 Å². The molecule has 5 nitrogen and oxygen atoms in total. The molecule has 1 heterocycles. The summed E-state index contributed by atoms with van der Waals surface area (Å²) in [6, 6.07) is 12.8. The van der Waals surface area contributed by atoms with Crippen LogP contribution >= 0.6 is 23.2 Å². The molecule has 2 aliphatic rings. The summed E-state index contributed by atoms with van der Waals surface area (Å²) >= 11 is 12.7. The van der Waals surface area contributed by atoms with Crippen molar-refractivity contribution < 1.29 is 14.3 Å². The van der Waals surface area contributed by atoms with Crippen LogP contribution in [-0.4, -0.2) is 18.2 Å². The molecule has 0 fully saturated rings. The van der Waals surface area contributed by atoms with Crippen LogP contribution in [0.2, 0.25) is 10.0 Å². The van der Waals surface area contributed by atoms with E-state index in [1.165, 1.54) is 6.08 Å². The minimum atomic E-state index is -0.373. The molecule has 1 aliphatic heterocycles. The third-order valence-corrected chi connectivity index (χ3v) is 6.38. The maximum atomic E-state index is 13.1. The van der Waals surface area contributed by atoms with Gasteiger partial charge in [-0.15, -0.1) is 0 Å². The lowest BCUT2D eigenvalue weighted by molar-refractivity contribution is -0.114. The summed E-state index contributed by atoms with van der Waals surface area (Å²) < 4.78 is 5.61. The third kappa shape index (κ3) is 5.27. The number of nitrogens with zero attached hydrogens (tertiary/aromatic N) is 1. The smallest absolute Gasteiger partial charge is 0.252 e. The van der Waals surface area contributed by atoms with E-state index in [1.54, 1.807) is 36.9 Å². The van der Waals surface area contributed by atoms with Gasteiger partial charge >= 0.3 is 0 Å². The number of amides is 1. The van der Waals surface area contributed by atoms with E-state index < -0.39 is 0 Å². The first-order valence-electron chi connectivity index (χ1n) is 10.8. The van der Waals surface area contributed by atoms with Gasteiger partial charge in [-0.1, -0.05) is 67.4 Å². The first-order valence-corrected chi connectivity index (χ1v) is 11.6. The van der Waals surface area contributed by atoms with Crippen LogP contribution in [0.25, 0.3) is 0 Å². The predicted octanol–water partition coefficient (Wildman–Crippen LogP) is 6.31. The maximum absolute atomic E-state index is 13.1. The number of halogens is 2. The highest BCUT2D eigenvalue weighted by Gasteiger charge is 2.25. The van der Waals surface area contributed by atoms with Gasteiger partial charge in [0.1, 0.15) is 12.0 Å². The van der Waals surface area contributed by atoms with Crippen LogP contribution in [-0.2, 0) is 14.9 Å². The van der Waals surface area contributed by atoms with E-state index >= 15 is 0 Å². The quantitative estimate of drug-likeness (QED) is 0.511. The number of benzene rings is 2. The molecule has 2 aromatic carbocycles. The first kappa shape index (κ1) is 23.9. The van der Waals surface area contributed by atoms with Crippen molar-refractivity contribution in [1.29, 1.82) is 0 Å². The lowest BCUT2D eigenvalue weighted by Crippen LogP contribution is -2.37. The molecule has 7 heteroatoms. The average molecular weight is 495 g/mol. The van der Waals surface area contributed by atoms with Crippen LogP contribution in [0.4, 0.5) is 5.69 Å². The molecular formula is C27H24Cl2N2O3. The second kappa shape index (κ2) is 9.92. The molecule has 0 bridgehead atoms. The number of anilines is 1. The van der Waals surface area contributed by atoms with Crippen LogP contribution in [0.3, 0.4) is 0 Å². The number of hydrogen-bond donors (Lipinski definition) is 1. The summed E-state index contributed by atoms with van der Waals surface area (Å²) in [6.07, 6.45) is 10.4. The van der Waals surface area contributed by atoms with Gasteiger partial charge < -0.3 is 15.0 Å². The normalized spacial score (nSPS) is 15.5. The molecule has 1 N–H and O–H groups in total. The van der Waals surface area contributed by atoms with Gasteiger partial charge in [-0.3, -0.25) is 9.59 Å². The molecule has 0 aromatic heterocycles. The molecule has 1 aliphatic carbocycles. The molecule has 0 saturated carbocycles. The second-order valence-electron chi connectivity index (χ2n) is 8.71. The van der Waals surface area contributed by atoms with Gasteiger partial charge in [-0.25, -0.2) is 0 Å². The minimum Gasteiger partial charge on any atom is -0.462 e. The molecule has 4 rings (SSSR count). The van der Waals surface area contributed by atoms with Gasteiger partial charge in [0.15, 0.2) is 5.78 Å². The zero-order chi connectivity index (χ0) is 24.3. The number of carbonyl (C=O) groups excluding carboxylic acids is 2. The number of ketones is 1. The van der Waals surface area contributed by atoms with Gasteiger partial charge in [-0.05, 0) is 35.9 Å². The van der Waals surface area contributed by atoms with E-state index in [0.29, 0.717) is 27.9 Å². The molecule has 34 heavy (non-hydrogen) atoms. The van der Waals surface area contributed by atoms with Gasteiger partial charge in [0.05, 0.1) is 16.8 Å². The van der Waals surface area contributed by atoms with E-state index in [1.807, 2.05) is 55.2 Å². The number of carbonyl (C=O) groups is 2. The van der Waals surface area contributed by atoms with E-state index in [0.717, 1.165) is 16.8 Å². The Labute approximate surface area is 209 Å². The summed E-state index contributed by atoms with van der Waals surface area (Å²) in [7, 11) is 0. The van der Waals surface area contributed by atoms with E-state index in [2.05, 4.69) is 5.32 Å². The van der Waals surface area contributed by atoms with Crippen LogP contribution in [0.15, 0.2) is 90.7 Å². The molecule has 174 valence electrons. The number of rotatable bonds is 6. The molecule has 0 radical (unpaired) electrons. The Morgan fingerprint density at radius 1 is 1.15 bits per heavy atom. The summed E-state index contributed by atoms with van der Waals surface area (Å²) in [6.45, 7) is 4.43. The van der Waals surface area contributed by atoms with Crippen molar-refractivity contribution in [2.75, 3.05) is 11.4 Å². The van der Waals surface area contributed by atoms with E-state index in [-0.39, 0.29) is 23.5 Å². The highest BCUT2D eigenvalue weighted by atomic mass is 35.5. The highest BCUT2D eigenvalue weighted by Crippen LogP contribution is 2.31. The molecule has 2 aromatic rings.